The number of nitrogens with zero attached hydrogens (tertiary/aromatic N) is 6. The maximum absolute atomic E-state index is 13.6. The Labute approximate surface area is 165 Å². The highest BCUT2D eigenvalue weighted by atomic mass is 19.3. The molecule has 3 heterocycles. The van der Waals surface area contributed by atoms with Gasteiger partial charge in [-0.15, -0.1) is 0 Å². The van der Waals surface area contributed by atoms with E-state index in [9.17, 15) is 17.6 Å². The molecule has 3 N–H and O–H groups in total. The molecule has 0 saturated carbocycles. The van der Waals surface area contributed by atoms with Gasteiger partial charge in [0.15, 0.2) is 5.82 Å². The summed E-state index contributed by atoms with van der Waals surface area (Å²) in [5.74, 6) is -1.30. The van der Waals surface area contributed by atoms with Crippen molar-refractivity contribution in [3.8, 4) is 11.8 Å². The molecule has 0 bridgehead atoms. The molecule has 0 amide bonds. The summed E-state index contributed by atoms with van der Waals surface area (Å²) in [5.41, 5.74) is 6.74. The average Bonchev–Trinajstić information content (AvgIpc) is 3.09. The highest BCUT2D eigenvalue weighted by molar-refractivity contribution is 5.77. The second-order valence-corrected chi connectivity index (χ2v) is 5.80. The monoisotopic (exact) mass is 420 g/mol. The second kappa shape index (κ2) is 7.77. The Morgan fingerprint density at radius 3 is 2.47 bits per heavy atom. The van der Waals surface area contributed by atoms with E-state index in [1.54, 1.807) is 24.3 Å². The van der Waals surface area contributed by atoms with Gasteiger partial charge in [0.25, 0.3) is 6.43 Å². The van der Waals surface area contributed by atoms with Crippen molar-refractivity contribution in [2.75, 3.05) is 11.1 Å². The number of ether oxygens (including phenoxy) is 1. The predicted molar refractivity (Wildman–Crippen MR) is 98.0 cm³/mol. The molecule has 0 fully saturated rings. The molecule has 0 aliphatic rings. The highest BCUT2D eigenvalue weighted by Gasteiger charge is 2.22. The first-order valence-corrected chi connectivity index (χ1v) is 8.36. The van der Waals surface area contributed by atoms with E-state index in [4.69, 9.17) is 5.73 Å². The molecule has 3 aromatic heterocycles. The molecule has 9 nitrogen and oxygen atoms in total. The van der Waals surface area contributed by atoms with Gasteiger partial charge in [-0.25, -0.2) is 18.7 Å². The molecule has 30 heavy (non-hydrogen) atoms. The molecule has 0 aliphatic carbocycles. The normalized spacial score (nSPS) is 11.4. The van der Waals surface area contributed by atoms with Crippen LogP contribution in [0.1, 0.15) is 12.2 Å². The molecular weight excluding hydrogens is 408 g/mol. The standard InChI is InChI=1S/C17H12F4N8O/c18-12(19)13-25-9-3-1-2-4-10(9)29(13)17-27-15(22)26-16(28-17)24-8-5-6-11(23-7-8)30-14(20)21/h1-7,12,14H,(H3,22,24,26,27,28). The van der Waals surface area contributed by atoms with Crippen LogP contribution in [0.2, 0.25) is 0 Å². The third kappa shape index (κ3) is 3.90. The number of halogens is 4. The zero-order valence-corrected chi connectivity index (χ0v) is 14.9. The Hall–Kier alpha value is -4.03. The Bertz CT molecular complexity index is 1180. The lowest BCUT2D eigenvalue weighted by molar-refractivity contribution is -0.0528. The van der Waals surface area contributed by atoms with E-state index >= 15 is 0 Å². The minimum atomic E-state index is -3.00. The number of aromatic nitrogens is 6. The van der Waals surface area contributed by atoms with Crippen LogP contribution < -0.4 is 15.8 Å². The van der Waals surface area contributed by atoms with Gasteiger partial charge in [-0.1, -0.05) is 12.1 Å². The molecule has 154 valence electrons. The molecule has 0 radical (unpaired) electrons. The van der Waals surface area contributed by atoms with Gasteiger partial charge in [0.1, 0.15) is 0 Å². The Kier molecular flexibility index (Phi) is 5.00. The van der Waals surface area contributed by atoms with E-state index < -0.39 is 18.9 Å². The third-order valence-corrected chi connectivity index (χ3v) is 3.83. The number of hydrogen-bond donors (Lipinski definition) is 2. The molecule has 1 aromatic carbocycles. The van der Waals surface area contributed by atoms with Crippen molar-refractivity contribution >= 4 is 28.6 Å². The van der Waals surface area contributed by atoms with Crippen molar-refractivity contribution in [3.05, 3.63) is 48.4 Å². The molecule has 4 rings (SSSR count). The van der Waals surface area contributed by atoms with E-state index in [2.05, 4.69) is 35.0 Å². The Morgan fingerprint density at radius 2 is 1.77 bits per heavy atom. The maximum atomic E-state index is 13.6. The number of nitrogens with two attached hydrogens (primary N) is 1. The van der Waals surface area contributed by atoms with Crippen LogP contribution in [-0.2, 0) is 0 Å². The van der Waals surface area contributed by atoms with Gasteiger partial charge in [-0.05, 0) is 18.2 Å². The van der Waals surface area contributed by atoms with E-state index in [0.717, 1.165) is 4.57 Å². The molecule has 0 saturated heterocycles. The number of fused-ring (bicyclic) bond motifs is 1. The third-order valence-electron chi connectivity index (χ3n) is 3.83. The lowest BCUT2D eigenvalue weighted by Gasteiger charge is -2.10. The van der Waals surface area contributed by atoms with E-state index in [1.165, 1.54) is 18.3 Å². The minimum Gasteiger partial charge on any atom is -0.417 e. The van der Waals surface area contributed by atoms with Crippen molar-refractivity contribution in [2.45, 2.75) is 13.0 Å². The Morgan fingerprint density at radius 1 is 0.967 bits per heavy atom. The van der Waals surface area contributed by atoms with Crippen molar-refractivity contribution < 1.29 is 22.3 Å². The first-order chi connectivity index (χ1) is 14.4. The predicted octanol–water partition coefficient (Wildman–Crippen LogP) is 3.47. The summed E-state index contributed by atoms with van der Waals surface area (Å²) in [6.07, 6.45) is -1.69. The fourth-order valence-electron chi connectivity index (χ4n) is 2.68. The fourth-order valence-corrected chi connectivity index (χ4v) is 2.68. The van der Waals surface area contributed by atoms with E-state index in [1.807, 2.05) is 0 Å². The highest BCUT2D eigenvalue weighted by Crippen LogP contribution is 2.27. The van der Waals surface area contributed by atoms with Crippen LogP contribution in [0, 0.1) is 0 Å². The molecular formula is C17H12F4N8O. The summed E-state index contributed by atoms with van der Waals surface area (Å²) < 4.78 is 56.8. The number of hydrogen-bond acceptors (Lipinski definition) is 8. The molecule has 13 heteroatoms. The SMILES string of the molecule is Nc1nc(Nc2ccc(OC(F)F)nc2)nc(-n2c(C(F)F)nc3ccccc32)n1. The van der Waals surface area contributed by atoms with Crippen LogP contribution >= 0.6 is 0 Å². The number of alkyl halides is 4. The van der Waals surface area contributed by atoms with Crippen LogP contribution in [0.5, 0.6) is 5.88 Å². The molecule has 4 aromatic rings. The van der Waals surface area contributed by atoms with E-state index in [-0.39, 0.29) is 23.7 Å². The van der Waals surface area contributed by atoms with Crippen molar-refractivity contribution in [1.29, 1.82) is 0 Å². The van der Waals surface area contributed by atoms with Crippen molar-refractivity contribution in [3.63, 3.8) is 0 Å². The number of para-hydroxylation sites is 2. The van der Waals surface area contributed by atoms with Crippen LogP contribution in [-0.4, -0.2) is 36.1 Å². The maximum Gasteiger partial charge on any atom is 0.388 e. The van der Waals surface area contributed by atoms with Gasteiger partial charge >= 0.3 is 6.61 Å². The molecule has 0 atom stereocenters. The quantitative estimate of drug-likeness (QED) is 0.456. The van der Waals surface area contributed by atoms with Crippen LogP contribution in [0.4, 0.5) is 35.1 Å². The number of imidazole rings is 1. The summed E-state index contributed by atoms with van der Waals surface area (Å²) in [6.45, 7) is -3.00. The zero-order valence-electron chi connectivity index (χ0n) is 14.9. The van der Waals surface area contributed by atoms with Crippen LogP contribution in [0.3, 0.4) is 0 Å². The van der Waals surface area contributed by atoms with Crippen LogP contribution in [0.15, 0.2) is 42.6 Å². The van der Waals surface area contributed by atoms with Gasteiger partial charge in [-0.2, -0.15) is 23.7 Å². The summed E-state index contributed by atoms with van der Waals surface area (Å²) >= 11 is 0. The van der Waals surface area contributed by atoms with Gasteiger partial charge in [0.05, 0.1) is 22.9 Å². The van der Waals surface area contributed by atoms with Gasteiger partial charge in [0.2, 0.25) is 23.7 Å². The second-order valence-electron chi connectivity index (χ2n) is 5.80. The topological polar surface area (TPSA) is 117 Å². The van der Waals surface area contributed by atoms with Crippen molar-refractivity contribution in [2.24, 2.45) is 0 Å². The fraction of sp³-hybridized carbons (Fsp3) is 0.118. The van der Waals surface area contributed by atoms with Crippen LogP contribution in [0.25, 0.3) is 17.0 Å². The number of nitrogen functional groups attached to an aromatic ring is 1. The largest absolute Gasteiger partial charge is 0.417 e. The Balaban J connectivity index is 1.71. The molecule has 0 aliphatic heterocycles. The first kappa shape index (κ1) is 19.3. The minimum absolute atomic E-state index is 0.0696. The summed E-state index contributed by atoms with van der Waals surface area (Å²) in [4.78, 5) is 19.6. The zero-order chi connectivity index (χ0) is 21.3. The average molecular weight is 420 g/mol. The van der Waals surface area contributed by atoms with Crippen molar-refractivity contribution in [1.82, 2.24) is 29.5 Å². The number of nitrogens with one attached hydrogen (secondary N) is 1. The number of anilines is 3. The summed E-state index contributed by atoms with van der Waals surface area (Å²) in [7, 11) is 0. The van der Waals surface area contributed by atoms with Gasteiger partial charge < -0.3 is 15.8 Å². The lowest BCUT2D eigenvalue weighted by atomic mass is 10.3. The smallest absolute Gasteiger partial charge is 0.388 e. The number of rotatable bonds is 6. The van der Waals surface area contributed by atoms with E-state index in [0.29, 0.717) is 16.7 Å². The summed E-state index contributed by atoms with van der Waals surface area (Å²) in [5, 5.41) is 2.76. The molecule has 0 spiro atoms. The first-order valence-electron chi connectivity index (χ1n) is 8.36. The number of benzene rings is 1. The lowest BCUT2D eigenvalue weighted by Crippen LogP contribution is -2.11. The molecule has 0 unspecified atom stereocenters. The number of pyridine rings is 1. The van der Waals surface area contributed by atoms with Gasteiger partial charge in [-0.3, -0.25) is 4.57 Å². The van der Waals surface area contributed by atoms with Gasteiger partial charge in [0, 0.05) is 6.07 Å². The summed E-state index contributed by atoms with van der Waals surface area (Å²) in [6, 6.07) is 9.09.